The molecule has 0 saturated carbocycles. The van der Waals surface area contributed by atoms with Crippen LogP contribution in [0.25, 0.3) is 0 Å². The van der Waals surface area contributed by atoms with E-state index in [1.807, 2.05) is 0 Å². The summed E-state index contributed by atoms with van der Waals surface area (Å²) in [7, 11) is 2.94. The van der Waals surface area contributed by atoms with Crippen LogP contribution in [0.2, 0.25) is 0 Å². The number of hydrogen-bond acceptors (Lipinski definition) is 5. The molecule has 0 fully saturated rings. The molecule has 1 rings (SSSR count). The number of benzene rings is 1. The number of nitrogens with one attached hydrogen (secondary N) is 2. The number of alkyl halides is 1. The lowest BCUT2D eigenvalue weighted by molar-refractivity contribution is 0.0946. The van der Waals surface area contributed by atoms with Gasteiger partial charge in [-0.1, -0.05) is 6.07 Å². The smallest absolute Gasteiger partial charge is 0.407 e. The summed E-state index contributed by atoms with van der Waals surface area (Å²) in [5.41, 5.74) is 0.303. The second kappa shape index (κ2) is 9.73. The molecule has 0 radical (unpaired) electrons. The lowest BCUT2D eigenvalue weighted by Gasteiger charge is -2.13. The van der Waals surface area contributed by atoms with Crippen molar-refractivity contribution in [3.8, 4) is 11.5 Å². The van der Waals surface area contributed by atoms with Crippen molar-refractivity contribution in [2.75, 3.05) is 39.8 Å². The zero-order chi connectivity index (χ0) is 16.4. The molecule has 0 heterocycles. The summed E-state index contributed by atoms with van der Waals surface area (Å²) in [5.74, 6) is 0.695. The Hall–Kier alpha value is -2.15. The molecule has 7 nitrogen and oxygen atoms in total. The Morgan fingerprint density at radius 2 is 1.68 bits per heavy atom. The Bertz CT molecular complexity index is 488. The molecule has 2 amide bonds. The van der Waals surface area contributed by atoms with Gasteiger partial charge in [-0.2, -0.15) is 0 Å². The van der Waals surface area contributed by atoms with E-state index >= 15 is 0 Å². The van der Waals surface area contributed by atoms with Gasteiger partial charge < -0.3 is 24.8 Å². The first-order chi connectivity index (χ1) is 10.6. The molecule has 0 saturated heterocycles. The summed E-state index contributed by atoms with van der Waals surface area (Å²) in [6.07, 6.45) is -0.579. The maximum absolute atomic E-state index is 12.2. The van der Waals surface area contributed by atoms with Crippen LogP contribution in [0.3, 0.4) is 0 Å². The van der Waals surface area contributed by atoms with E-state index in [0.29, 0.717) is 17.1 Å². The number of alkyl carbamates (subject to hydrolysis) is 1. The normalized spacial score (nSPS) is 9.77. The van der Waals surface area contributed by atoms with Crippen molar-refractivity contribution in [1.82, 2.24) is 10.6 Å². The molecule has 0 aromatic heterocycles. The van der Waals surface area contributed by atoms with Crippen LogP contribution in [0, 0.1) is 0 Å². The van der Waals surface area contributed by atoms with Crippen LogP contribution in [-0.4, -0.2) is 51.8 Å². The molecule has 2 N–H and O–H groups in total. The zero-order valence-electron chi connectivity index (χ0n) is 12.5. The fourth-order valence-corrected chi connectivity index (χ4v) is 1.76. The Morgan fingerprint density at radius 3 is 2.23 bits per heavy atom. The number of carbonyl (C=O) groups excluding carboxylic acids is 2. The van der Waals surface area contributed by atoms with E-state index in [1.54, 1.807) is 18.2 Å². The minimum Gasteiger partial charge on any atom is -0.496 e. The van der Waals surface area contributed by atoms with Crippen molar-refractivity contribution in [1.29, 1.82) is 0 Å². The molecular weight excluding hydrogens is 312 g/mol. The van der Waals surface area contributed by atoms with Crippen molar-refractivity contribution >= 4 is 23.6 Å². The van der Waals surface area contributed by atoms with Crippen molar-refractivity contribution in [3.05, 3.63) is 23.8 Å². The van der Waals surface area contributed by atoms with Crippen LogP contribution in [-0.2, 0) is 4.74 Å². The minimum atomic E-state index is -0.579. The molecule has 122 valence electrons. The third-order valence-electron chi connectivity index (χ3n) is 2.65. The fourth-order valence-electron chi connectivity index (χ4n) is 1.69. The van der Waals surface area contributed by atoms with Gasteiger partial charge in [0.05, 0.1) is 20.1 Å². The second-order valence-electron chi connectivity index (χ2n) is 4.05. The standard InChI is InChI=1S/C14H19ClN2O5/c1-20-10-4-3-5-11(21-2)12(10)13(18)16-7-8-17-14(19)22-9-6-15/h3-5H,6-9H2,1-2H3,(H,16,18)(H,17,19). The Morgan fingerprint density at radius 1 is 1.09 bits per heavy atom. The number of amides is 2. The molecular formula is C14H19ClN2O5. The minimum absolute atomic E-state index is 0.137. The van der Waals surface area contributed by atoms with E-state index in [0.717, 1.165) is 0 Å². The van der Waals surface area contributed by atoms with Gasteiger partial charge in [-0.25, -0.2) is 4.79 Å². The predicted molar refractivity (Wildman–Crippen MR) is 81.9 cm³/mol. The molecule has 0 unspecified atom stereocenters. The van der Waals surface area contributed by atoms with Crippen LogP contribution in [0.1, 0.15) is 10.4 Å². The van der Waals surface area contributed by atoms with Gasteiger partial charge >= 0.3 is 6.09 Å². The van der Waals surface area contributed by atoms with Crippen LogP contribution in [0.5, 0.6) is 11.5 Å². The van der Waals surface area contributed by atoms with Crippen LogP contribution in [0.4, 0.5) is 4.79 Å². The summed E-state index contributed by atoms with van der Waals surface area (Å²) in [6.45, 7) is 0.596. The maximum Gasteiger partial charge on any atom is 0.407 e. The van der Waals surface area contributed by atoms with E-state index in [-0.39, 0.29) is 31.5 Å². The average Bonchev–Trinajstić information content (AvgIpc) is 2.55. The monoisotopic (exact) mass is 330 g/mol. The summed E-state index contributed by atoms with van der Waals surface area (Å²) in [6, 6.07) is 5.06. The Kier molecular flexibility index (Phi) is 7.91. The molecule has 8 heteroatoms. The van der Waals surface area contributed by atoms with Gasteiger partial charge in [0.1, 0.15) is 23.7 Å². The van der Waals surface area contributed by atoms with Crippen molar-refractivity contribution in [3.63, 3.8) is 0 Å². The highest BCUT2D eigenvalue weighted by Crippen LogP contribution is 2.27. The molecule has 0 bridgehead atoms. The predicted octanol–water partition coefficient (Wildman–Crippen LogP) is 1.40. The van der Waals surface area contributed by atoms with Gasteiger partial charge in [-0.15, -0.1) is 11.6 Å². The van der Waals surface area contributed by atoms with Gasteiger partial charge in [0.15, 0.2) is 0 Å². The number of hydrogen-bond donors (Lipinski definition) is 2. The summed E-state index contributed by atoms with van der Waals surface area (Å²) < 4.78 is 15.0. The lowest BCUT2D eigenvalue weighted by Crippen LogP contribution is -2.35. The molecule has 22 heavy (non-hydrogen) atoms. The van der Waals surface area contributed by atoms with Crippen LogP contribution < -0.4 is 20.1 Å². The molecule has 1 aromatic carbocycles. The summed E-state index contributed by atoms with van der Waals surface area (Å²) in [5, 5.41) is 5.15. The number of carbonyl (C=O) groups is 2. The highest BCUT2D eigenvalue weighted by Gasteiger charge is 2.17. The molecule has 0 atom stereocenters. The van der Waals surface area contributed by atoms with Gasteiger partial charge in [-0.05, 0) is 12.1 Å². The van der Waals surface area contributed by atoms with Crippen molar-refractivity contribution < 1.29 is 23.8 Å². The first-order valence-corrected chi connectivity index (χ1v) is 7.13. The van der Waals surface area contributed by atoms with Gasteiger partial charge in [0.2, 0.25) is 0 Å². The third kappa shape index (κ3) is 5.33. The SMILES string of the molecule is COc1cccc(OC)c1C(=O)NCCNC(=O)OCCCl. The van der Waals surface area contributed by atoms with E-state index in [1.165, 1.54) is 14.2 Å². The average molecular weight is 331 g/mol. The second-order valence-corrected chi connectivity index (χ2v) is 4.42. The fraction of sp³-hybridized carbons (Fsp3) is 0.429. The van der Waals surface area contributed by atoms with Gasteiger partial charge in [0, 0.05) is 13.1 Å². The number of halogens is 1. The third-order valence-corrected chi connectivity index (χ3v) is 2.80. The number of rotatable bonds is 8. The first kappa shape index (κ1) is 17.9. The van der Waals surface area contributed by atoms with E-state index in [2.05, 4.69) is 10.6 Å². The van der Waals surface area contributed by atoms with Crippen LogP contribution >= 0.6 is 11.6 Å². The molecule has 0 spiro atoms. The summed E-state index contributed by atoms with van der Waals surface area (Å²) >= 11 is 5.39. The Balaban J connectivity index is 2.51. The van der Waals surface area contributed by atoms with Crippen molar-refractivity contribution in [2.45, 2.75) is 0 Å². The molecule has 1 aromatic rings. The van der Waals surface area contributed by atoms with Gasteiger partial charge in [-0.3, -0.25) is 4.79 Å². The van der Waals surface area contributed by atoms with Crippen LogP contribution in [0.15, 0.2) is 18.2 Å². The molecule has 0 aliphatic rings. The molecule has 0 aliphatic heterocycles. The zero-order valence-corrected chi connectivity index (χ0v) is 13.2. The van der Waals surface area contributed by atoms with Crippen molar-refractivity contribution in [2.24, 2.45) is 0 Å². The number of methoxy groups -OCH3 is 2. The quantitative estimate of drug-likeness (QED) is 0.556. The first-order valence-electron chi connectivity index (χ1n) is 6.59. The van der Waals surface area contributed by atoms with E-state index in [4.69, 9.17) is 25.8 Å². The van der Waals surface area contributed by atoms with Gasteiger partial charge in [0.25, 0.3) is 5.91 Å². The number of ether oxygens (including phenoxy) is 3. The topological polar surface area (TPSA) is 85.9 Å². The highest BCUT2D eigenvalue weighted by molar-refractivity contribution is 6.18. The molecule has 0 aliphatic carbocycles. The Labute approximate surface area is 133 Å². The van der Waals surface area contributed by atoms with E-state index < -0.39 is 6.09 Å². The maximum atomic E-state index is 12.2. The summed E-state index contributed by atoms with van der Waals surface area (Å²) in [4.78, 5) is 23.4. The largest absolute Gasteiger partial charge is 0.496 e. The highest BCUT2D eigenvalue weighted by atomic mass is 35.5. The lowest BCUT2D eigenvalue weighted by atomic mass is 10.1. The van der Waals surface area contributed by atoms with E-state index in [9.17, 15) is 9.59 Å².